The highest BCUT2D eigenvalue weighted by atomic mass is 79.9. The first-order valence-corrected chi connectivity index (χ1v) is 13.0. The molecule has 4 rings (SSSR count). The third-order valence-corrected chi connectivity index (χ3v) is 6.92. The molecule has 0 fully saturated rings. The molecule has 3 aromatic carbocycles. The molecule has 33 heavy (non-hydrogen) atoms. The fourth-order valence-corrected chi connectivity index (χ4v) is 4.69. The molecule has 0 spiro atoms. The molecule has 0 unspecified atom stereocenters. The number of halogens is 2. The maximum atomic E-state index is 10.0. The van der Waals surface area contributed by atoms with Gasteiger partial charge in [0.1, 0.15) is 5.82 Å². The number of aliphatic hydroxyl groups is 1. The topological polar surface area (TPSA) is 38.0 Å². The fourth-order valence-electron chi connectivity index (χ4n) is 4.16. The van der Waals surface area contributed by atoms with Crippen molar-refractivity contribution in [1.82, 2.24) is 9.55 Å². The molecule has 0 aliphatic carbocycles. The summed E-state index contributed by atoms with van der Waals surface area (Å²) < 4.78 is 4.45. The summed E-state index contributed by atoms with van der Waals surface area (Å²) in [5.41, 5.74) is 6.16. The molecule has 0 amide bonds. The number of aromatic nitrogens is 2. The van der Waals surface area contributed by atoms with E-state index in [0.29, 0.717) is 0 Å². The third-order valence-electron chi connectivity index (χ3n) is 5.87. The Morgan fingerprint density at radius 3 is 2.06 bits per heavy atom. The van der Waals surface area contributed by atoms with Crippen LogP contribution in [0.1, 0.15) is 38.2 Å². The fraction of sp³-hybridized carbons (Fsp3) is 0.250. The highest BCUT2D eigenvalue weighted by Crippen LogP contribution is 2.38. The van der Waals surface area contributed by atoms with E-state index in [-0.39, 0.29) is 6.61 Å². The lowest BCUT2D eigenvalue weighted by atomic mass is 10.0. The quantitative estimate of drug-likeness (QED) is 0.206. The molecule has 1 aromatic heterocycles. The number of nitrogens with zero attached hydrogens (tertiary/aromatic N) is 2. The van der Waals surface area contributed by atoms with Crippen molar-refractivity contribution in [2.45, 2.75) is 45.8 Å². The number of hydrogen-bond acceptors (Lipinski definition) is 2. The molecule has 3 nitrogen and oxygen atoms in total. The van der Waals surface area contributed by atoms with Crippen molar-refractivity contribution in [3.8, 4) is 33.9 Å². The van der Waals surface area contributed by atoms with Crippen LogP contribution in [0.25, 0.3) is 33.9 Å². The van der Waals surface area contributed by atoms with Gasteiger partial charge >= 0.3 is 0 Å². The van der Waals surface area contributed by atoms with Crippen LogP contribution in [0.15, 0.2) is 81.7 Å². The van der Waals surface area contributed by atoms with Crippen LogP contribution in [0.5, 0.6) is 0 Å². The summed E-state index contributed by atoms with van der Waals surface area (Å²) in [7, 11) is 0. The second kappa shape index (κ2) is 11.3. The van der Waals surface area contributed by atoms with Crippen LogP contribution in [-0.4, -0.2) is 14.7 Å². The van der Waals surface area contributed by atoms with Crippen molar-refractivity contribution in [2.24, 2.45) is 0 Å². The van der Waals surface area contributed by atoms with Gasteiger partial charge in [-0.15, -0.1) is 0 Å². The molecule has 1 N–H and O–H groups in total. The summed E-state index contributed by atoms with van der Waals surface area (Å²) in [6, 6.07) is 24.8. The van der Waals surface area contributed by atoms with Gasteiger partial charge in [0, 0.05) is 32.2 Å². The summed E-state index contributed by atoms with van der Waals surface area (Å²) >= 11 is 7.13. The molecule has 0 saturated carbocycles. The lowest BCUT2D eigenvalue weighted by Gasteiger charge is -2.15. The van der Waals surface area contributed by atoms with Gasteiger partial charge in [-0.05, 0) is 36.2 Å². The molecule has 5 heteroatoms. The van der Waals surface area contributed by atoms with Crippen LogP contribution in [0, 0.1) is 0 Å². The van der Waals surface area contributed by atoms with Crippen LogP contribution in [0.3, 0.4) is 0 Å². The van der Waals surface area contributed by atoms with Gasteiger partial charge in [-0.2, -0.15) is 0 Å². The molecular weight excluding hydrogens is 540 g/mol. The Morgan fingerprint density at radius 1 is 0.788 bits per heavy atom. The van der Waals surface area contributed by atoms with E-state index in [1.165, 1.54) is 19.3 Å². The average Bonchev–Trinajstić information content (AvgIpc) is 3.22. The molecule has 0 aliphatic rings. The maximum Gasteiger partial charge on any atom is 0.141 e. The molecule has 170 valence electrons. The second-order valence-electron chi connectivity index (χ2n) is 8.17. The first-order valence-electron chi connectivity index (χ1n) is 11.4. The Labute approximate surface area is 212 Å². The standard InChI is InChI=1S/C28H28Br2N2O/c1-2-3-4-7-18-32-27(21-12-16-24(30)17-13-21)26(20-10-14-23(29)15-11-20)31-28(32)25-9-6-5-8-22(25)19-33/h5-6,8-17,33H,2-4,7,18-19H2,1H3. The van der Waals surface area contributed by atoms with E-state index in [0.717, 1.165) is 61.4 Å². The second-order valence-corrected chi connectivity index (χ2v) is 10.0. The van der Waals surface area contributed by atoms with E-state index in [1.54, 1.807) is 0 Å². The molecule has 0 radical (unpaired) electrons. The molecule has 0 bridgehead atoms. The number of unbranched alkanes of at least 4 members (excludes halogenated alkanes) is 3. The van der Waals surface area contributed by atoms with E-state index in [1.807, 2.05) is 18.2 Å². The Kier molecular flexibility index (Phi) is 8.18. The smallest absolute Gasteiger partial charge is 0.141 e. The van der Waals surface area contributed by atoms with Crippen molar-refractivity contribution >= 4 is 31.9 Å². The summed E-state index contributed by atoms with van der Waals surface area (Å²) in [6.45, 7) is 3.10. The van der Waals surface area contributed by atoms with Crippen LogP contribution < -0.4 is 0 Å². The van der Waals surface area contributed by atoms with Gasteiger partial charge in [-0.1, -0.05) is 107 Å². The number of aliphatic hydroxyl groups excluding tert-OH is 1. The zero-order chi connectivity index (χ0) is 23.2. The van der Waals surface area contributed by atoms with Crippen LogP contribution in [0.4, 0.5) is 0 Å². The van der Waals surface area contributed by atoms with Crippen molar-refractivity contribution in [2.75, 3.05) is 0 Å². The Balaban J connectivity index is 1.96. The van der Waals surface area contributed by atoms with E-state index >= 15 is 0 Å². The highest BCUT2D eigenvalue weighted by Gasteiger charge is 2.22. The number of hydrogen-bond donors (Lipinski definition) is 1. The molecule has 0 saturated heterocycles. The van der Waals surface area contributed by atoms with E-state index < -0.39 is 0 Å². The minimum atomic E-state index is -0.0138. The molecule has 0 aliphatic heterocycles. The van der Waals surface area contributed by atoms with Crippen LogP contribution in [0.2, 0.25) is 0 Å². The summed E-state index contributed by atoms with van der Waals surface area (Å²) in [5, 5.41) is 10.0. The maximum absolute atomic E-state index is 10.0. The van der Waals surface area contributed by atoms with Crippen LogP contribution >= 0.6 is 31.9 Å². The summed E-state index contributed by atoms with van der Waals surface area (Å²) in [5.74, 6) is 0.909. The molecule has 1 heterocycles. The van der Waals surface area contributed by atoms with E-state index in [9.17, 15) is 5.11 Å². The van der Waals surface area contributed by atoms with Gasteiger partial charge < -0.3 is 9.67 Å². The van der Waals surface area contributed by atoms with Crippen molar-refractivity contribution in [3.05, 3.63) is 87.3 Å². The average molecular weight is 568 g/mol. The van der Waals surface area contributed by atoms with E-state index in [2.05, 4.69) is 97.9 Å². The number of benzene rings is 3. The lowest BCUT2D eigenvalue weighted by molar-refractivity contribution is 0.282. The Bertz CT molecular complexity index is 1200. The van der Waals surface area contributed by atoms with Gasteiger partial charge in [0.2, 0.25) is 0 Å². The molecule has 0 atom stereocenters. The summed E-state index contributed by atoms with van der Waals surface area (Å²) in [6.07, 6.45) is 4.70. The third kappa shape index (κ3) is 5.48. The number of imidazole rings is 1. The normalized spacial score (nSPS) is 11.2. The van der Waals surface area contributed by atoms with Gasteiger partial charge in [0.25, 0.3) is 0 Å². The highest BCUT2D eigenvalue weighted by molar-refractivity contribution is 9.10. The first kappa shape index (κ1) is 23.9. The zero-order valence-corrected chi connectivity index (χ0v) is 21.9. The lowest BCUT2D eigenvalue weighted by Crippen LogP contribution is -2.05. The monoisotopic (exact) mass is 566 g/mol. The SMILES string of the molecule is CCCCCCn1c(-c2ccccc2CO)nc(-c2ccc(Br)cc2)c1-c1ccc(Br)cc1. The zero-order valence-electron chi connectivity index (χ0n) is 18.8. The molecule has 4 aromatic rings. The predicted molar refractivity (Wildman–Crippen MR) is 144 cm³/mol. The Morgan fingerprint density at radius 2 is 1.42 bits per heavy atom. The van der Waals surface area contributed by atoms with Crippen molar-refractivity contribution < 1.29 is 5.11 Å². The first-order chi connectivity index (χ1) is 16.1. The van der Waals surface area contributed by atoms with Crippen molar-refractivity contribution in [3.63, 3.8) is 0 Å². The van der Waals surface area contributed by atoms with Gasteiger partial charge in [0.05, 0.1) is 18.0 Å². The van der Waals surface area contributed by atoms with Gasteiger partial charge in [-0.25, -0.2) is 4.98 Å². The Hall–Kier alpha value is -2.21. The number of rotatable bonds is 9. The minimum Gasteiger partial charge on any atom is -0.392 e. The summed E-state index contributed by atoms with van der Waals surface area (Å²) in [4.78, 5) is 5.21. The van der Waals surface area contributed by atoms with Gasteiger partial charge in [-0.3, -0.25) is 0 Å². The van der Waals surface area contributed by atoms with Crippen LogP contribution in [-0.2, 0) is 13.2 Å². The predicted octanol–water partition coefficient (Wildman–Crippen LogP) is 8.48. The molecular formula is C28H28Br2N2O. The van der Waals surface area contributed by atoms with E-state index in [4.69, 9.17) is 4.98 Å². The van der Waals surface area contributed by atoms with Crippen molar-refractivity contribution in [1.29, 1.82) is 0 Å². The largest absolute Gasteiger partial charge is 0.392 e. The van der Waals surface area contributed by atoms with Gasteiger partial charge in [0.15, 0.2) is 0 Å². The minimum absolute atomic E-state index is 0.0138.